The highest BCUT2D eigenvalue weighted by atomic mass is 127. The molecule has 0 unspecified atom stereocenters. The smallest absolute Gasteiger partial charge is 0.168 e. The van der Waals surface area contributed by atoms with E-state index in [0.29, 0.717) is 6.54 Å². The largest absolute Gasteiger partial charge is 0.309 e. The van der Waals surface area contributed by atoms with E-state index in [-0.39, 0.29) is 5.78 Å². The van der Waals surface area contributed by atoms with Crippen LogP contribution in [0.3, 0.4) is 0 Å². The Labute approximate surface area is 68.8 Å². The van der Waals surface area contributed by atoms with Crippen LogP contribution in [0.25, 0.3) is 0 Å². The number of hydrogen-bond donors (Lipinski definition) is 1. The van der Waals surface area contributed by atoms with Gasteiger partial charge < -0.3 is 5.32 Å². The van der Waals surface area contributed by atoms with E-state index in [0.717, 1.165) is 11.0 Å². The number of alkyl halides is 1. The van der Waals surface area contributed by atoms with Crippen LogP contribution in [-0.2, 0) is 4.79 Å². The maximum Gasteiger partial charge on any atom is 0.168 e. The summed E-state index contributed by atoms with van der Waals surface area (Å²) in [4.78, 5) is 10.5. The van der Waals surface area contributed by atoms with Crippen molar-refractivity contribution < 1.29 is 4.79 Å². The third-order valence-corrected chi connectivity index (χ3v) is 1.34. The van der Waals surface area contributed by atoms with E-state index >= 15 is 0 Å². The molecule has 0 aliphatic rings. The Hall–Kier alpha value is 0.1000. The van der Waals surface area contributed by atoms with Crippen molar-refractivity contribution in [3.05, 3.63) is 12.7 Å². The first kappa shape index (κ1) is 9.10. The van der Waals surface area contributed by atoms with E-state index in [1.165, 1.54) is 6.08 Å². The molecule has 0 aromatic carbocycles. The molecule has 2 nitrogen and oxygen atoms in total. The second-order valence-electron chi connectivity index (χ2n) is 1.54. The molecule has 1 N–H and O–H groups in total. The molecule has 0 aromatic rings. The Bertz CT molecular complexity index is 103. The van der Waals surface area contributed by atoms with Crippen LogP contribution in [0, 0.1) is 0 Å². The molecular formula is C6H10INO. The van der Waals surface area contributed by atoms with Gasteiger partial charge in [-0.3, -0.25) is 4.79 Å². The summed E-state index contributed by atoms with van der Waals surface area (Å²) < 4.78 is 1.03. The highest BCUT2D eigenvalue weighted by molar-refractivity contribution is 14.1. The lowest BCUT2D eigenvalue weighted by molar-refractivity contribution is -0.113. The fraction of sp³-hybridized carbons (Fsp3) is 0.500. The van der Waals surface area contributed by atoms with Gasteiger partial charge in [-0.15, -0.1) is 0 Å². The SMILES string of the molecule is C=CC(=O)CNCCI. The number of carbonyl (C=O) groups is 1. The zero-order chi connectivity index (χ0) is 7.11. The van der Waals surface area contributed by atoms with Gasteiger partial charge in [0.2, 0.25) is 0 Å². The van der Waals surface area contributed by atoms with Crippen LogP contribution in [0.2, 0.25) is 0 Å². The zero-order valence-electron chi connectivity index (χ0n) is 5.19. The van der Waals surface area contributed by atoms with Crippen molar-refractivity contribution in [2.75, 3.05) is 17.5 Å². The van der Waals surface area contributed by atoms with Gasteiger partial charge in [-0.05, 0) is 6.08 Å². The number of rotatable bonds is 5. The van der Waals surface area contributed by atoms with Crippen molar-refractivity contribution in [1.29, 1.82) is 0 Å². The minimum atomic E-state index is 0.0554. The van der Waals surface area contributed by atoms with E-state index in [9.17, 15) is 4.79 Å². The van der Waals surface area contributed by atoms with E-state index in [1.807, 2.05) is 0 Å². The molecule has 0 bridgehead atoms. The van der Waals surface area contributed by atoms with Crippen molar-refractivity contribution >= 4 is 28.4 Å². The van der Waals surface area contributed by atoms with Gasteiger partial charge in [0.15, 0.2) is 5.78 Å². The molecule has 0 aromatic heterocycles. The molecule has 0 heterocycles. The van der Waals surface area contributed by atoms with Crippen LogP contribution in [0.4, 0.5) is 0 Å². The van der Waals surface area contributed by atoms with Gasteiger partial charge in [-0.1, -0.05) is 29.2 Å². The molecule has 0 saturated heterocycles. The molecule has 0 radical (unpaired) electrons. The van der Waals surface area contributed by atoms with Crippen LogP contribution >= 0.6 is 22.6 Å². The van der Waals surface area contributed by atoms with Crippen LogP contribution in [0.5, 0.6) is 0 Å². The maximum atomic E-state index is 10.5. The lowest BCUT2D eigenvalue weighted by atomic mass is 10.4. The molecule has 3 heteroatoms. The van der Waals surface area contributed by atoms with E-state index < -0.39 is 0 Å². The highest BCUT2D eigenvalue weighted by Crippen LogP contribution is 1.76. The number of ketones is 1. The van der Waals surface area contributed by atoms with Crippen molar-refractivity contribution in [2.45, 2.75) is 0 Å². The summed E-state index contributed by atoms with van der Waals surface area (Å²) in [7, 11) is 0. The number of carbonyl (C=O) groups excluding carboxylic acids is 1. The van der Waals surface area contributed by atoms with E-state index in [2.05, 4.69) is 34.5 Å². The molecule has 52 valence electrons. The zero-order valence-corrected chi connectivity index (χ0v) is 7.35. The summed E-state index contributed by atoms with van der Waals surface area (Å²) in [5.74, 6) is 0.0554. The molecule has 9 heavy (non-hydrogen) atoms. The number of hydrogen-bond acceptors (Lipinski definition) is 2. The first-order valence-corrected chi connectivity index (χ1v) is 4.25. The summed E-state index contributed by atoms with van der Waals surface area (Å²) in [5.41, 5.74) is 0. The molecule has 0 aliphatic carbocycles. The van der Waals surface area contributed by atoms with Gasteiger partial charge in [0.1, 0.15) is 0 Å². The fourth-order valence-corrected chi connectivity index (χ4v) is 0.732. The van der Waals surface area contributed by atoms with Crippen molar-refractivity contribution in [2.24, 2.45) is 0 Å². The molecule has 0 amide bonds. The average molecular weight is 239 g/mol. The lowest BCUT2D eigenvalue weighted by Crippen LogP contribution is -2.23. The van der Waals surface area contributed by atoms with Gasteiger partial charge in [-0.25, -0.2) is 0 Å². The monoisotopic (exact) mass is 239 g/mol. The van der Waals surface area contributed by atoms with E-state index in [1.54, 1.807) is 0 Å². The lowest BCUT2D eigenvalue weighted by Gasteiger charge is -1.95. The molecule has 0 aliphatic heterocycles. The Morgan fingerprint density at radius 2 is 2.44 bits per heavy atom. The minimum Gasteiger partial charge on any atom is -0.309 e. The van der Waals surface area contributed by atoms with Crippen molar-refractivity contribution in [1.82, 2.24) is 5.32 Å². The van der Waals surface area contributed by atoms with Crippen molar-refractivity contribution in [3.8, 4) is 0 Å². The van der Waals surface area contributed by atoms with Crippen LogP contribution in [0.1, 0.15) is 0 Å². The molecular weight excluding hydrogens is 229 g/mol. The number of nitrogens with one attached hydrogen (secondary N) is 1. The van der Waals surface area contributed by atoms with Crippen LogP contribution < -0.4 is 5.32 Å². The summed E-state index contributed by atoms with van der Waals surface area (Å²) in [6, 6.07) is 0. The normalized spacial score (nSPS) is 9.00. The summed E-state index contributed by atoms with van der Waals surface area (Å²) in [6.07, 6.45) is 1.33. The maximum absolute atomic E-state index is 10.5. The predicted molar refractivity (Wildman–Crippen MR) is 47.0 cm³/mol. The molecule has 0 spiro atoms. The third-order valence-electron chi connectivity index (χ3n) is 0.798. The van der Waals surface area contributed by atoms with Crippen molar-refractivity contribution in [3.63, 3.8) is 0 Å². The molecule has 0 rings (SSSR count). The van der Waals surface area contributed by atoms with Gasteiger partial charge >= 0.3 is 0 Å². The minimum absolute atomic E-state index is 0.0554. The average Bonchev–Trinajstić information content (AvgIpc) is 1.89. The van der Waals surface area contributed by atoms with Gasteiger partial charge in [-0.2, -0.15) is 0 Å². The van der Waals surface area contributed by atoms with Gasteiger partial charge in [0.25, 0.3) is 0 Å². The highest BCUT2D eigenvalue weighted by Gasteiger charge is 1.90. The van der Waals surface area contributed by atoms with Crippen LogP contribution in [0.15, 0.2) is 12.7 Å². The molecule has 0 atom stereocenters. The Morgan fingerprint density at radius 3 is 2.89 bits per heavy atom. The van der Waals surface area contributed by atoms with Gasteiger partial charge in [0.05, 0.1) is 6.54 Å². The Kier molecular flexibility index (Phi) is 6.29. The fourth-order valence-electron chi connectivity index (χ4n) is 0.351. The summed E-state index contributed by atoms with van der Waals surface area (Å²) in [5, 5.41) is 2.96. The topological polar surface area (TPSA) is 29.1 Å². The predicted octanol–water partition coefficient (Wildman–Crippen LogP) is 0.766. The summed E-state index contributed by atoms with van der Waals surface area (Å²) >= 11 is 2.25. The first-order valence-electron chi connectivity index (χ1n) is 2.73. The molecule has 0 fully saturated rings. The second-order valence-corrected chi connectivity index (χ2v) is 2.61. The quantitative estimate of drug-likeness (QED) is 0.332. The van der Waals surface area contributed by atoms with Gasteiger partial charge in [0, 0.05) is 11.0 Å². The first-order chi connectivity index (χ1) is 4.31. The Morgan fingerprint density at radius 1 is 1.78 bits per heavy atom. The second kappa shape index (κ2) is 6.22. The number of halogens is 1. The van der Waals surface area contributed by atoms with E-state index in [4.69, 9.17) is 0 Å². The Balaban J connectivity index is 3.07. The third kappa shape index (κ3) is 5.98. The standard InChI is InChI=1S/C6H10INO/c1-2-6(9)5-8-4-3-7/h2,8H,1,3-5H2. The van der Waals surface area contributed by atoms with Crippen LogP contribution in [-0.4, -0.2) is 23.3 Å². The summed E-state index contributed by atoms with van der Waals surface area (Å²) in [6.45, 7) is 4.66. The molecule has 0 saturated carbocycles.